The lowest BCUT2D eigenvalue weighted by Gasteiger charge is -2.22. The molecule has 21 heavy (non-hydrogen) atoms. The number of aryl methyl sites for hydroxylation is 1. The molecule has 1 rings (SSSR count). The van der Waals surface area contributed by atoms with Crippen molar-refractivity contribution in [2.24, 2.45) is 5.92 Å². The maximum Gasteiger partial charge on any atom is 0.260 e. The lowest BCUT2D eigenvalue weighted by Crippen LogP contribution is -2.43. The van der Waals surface area contributed by atoms with Crippen molar-refractivity contribution in [2.75, 3.05) is 0 Å². The van der Waals surface area contributed by atoms with E-state index in [1.54, 1.807) is 6.92 Å². The summed E-state index contributed by atoms with van der Waals surface area (Å²) in [6.45, 7) is 14.3. The van der Waals surface area contributed by atoms with E-state index in [4.69, 9.17) is 4.74 Å². The van der Waals surface area contributed by atoms with Crippen molar-refractivity contribution in [2.45, 2.75) is 66.5 Å². The van der Waals surface area contributed by atoms with Crippen LogP contribution in [0.2, 0.25) is 0 Å². The first-order valence-electron chi connectivity index (χ1n) is 7.80. The third kappa shape index (κ3) is 5.07. The summed E-state index contributed by atoms with van der Waals surface area (Å²) < 4.78 is 5.92. The van der Waals surface area contributed by atoms with Crippen molar-refractivity contribution < 1.29 is 9.53 Å². The molecule has 3 heteroatoms. The zero-order valence-electron chi connectivity index (χ0n) is 14.4. The second-order valence-corrected chi connectivity index (χ2v) is 6.50. The number of ether oxygens (including phenoxy) is 1. The van der Waals surface area contributed by atoms with Gasteiger partial charge in [0, 0.05) is 6.04 Å². The van der Waals surface area contributed by atoms with Crippen LogP contribution in [-0.4, -0.2) is 18.1 Å². The first-order chi connectivity index (χ1) is 9.72. The van der Waals surface area contributed by atoms with Gasteiger partial charge in [0.15, 0.2) is 6.10 Å². The number of hydrogen-bond donors (Lipinski definition) is 1. The fourth-order valence-corrected chi connectivity index (χ4v) is 1.97. The molecule has 3 nitrogen and oxygen atoms in total. The normalized spacial score (nSPS) is 14.1. The third-order valence-corrected chi connectivity index (χ3v) is 3.83. The van der Waals surface area contributed by atoms with Crippen LogP contribution in [0.15, 0.2) is 18.2 Å². The zero-order chi connectivity index (χ0) is 16.2. The fraction of sp³-hybridized carbons (Fsp3) is 0.611. The van der Waals surface area contributed by atoms with Crippen LogP contribution in [0.1, 0.15) is 58.6 Å². The van der Waals surface area contributed by atoms with Crippen LogP contribution < -0.4 is 10.1 Å². The number of nitrogens with one attached hydrogen (secondary N) is 1. The van der Waals surface area contributed by atoms with Crippen LogP contribution in [0.5, 0.6) is 5.75 Å². The fourth-order valence-electron chi connectivity index (χ4n) is 1.97. The highest BCUT2D eigenvalue weighted by molar-refractivity contribution is 5.81. The van der Waals surface area contributed by atoms with Crippen molar-refractivity contribution in [3.8, 4) is 5.75 Å². The number of hydrogen-bond acceptors (Lipinski definition) is 2. The van der Waals surface area contributed by atoms with Crippen LogP contribution in [-0.2, 0) is 4.79 Å². The third-order valence-electron chi connectivity index (χ3n) is 3.83. The lowest BCUT2D eigenvalue weighted by molar-refractivity contribution is -0.128. The van der Waals surface area contributed by atoms with Gasteiger partial charge in [-0.2, -0.15) is 0 Å². The summed E-state index contributed by atoms with van der Waals surface area (Å²) in [6, 6.07) is 6.31. The molecule has 1 amide bonds. The van der Waals surface area contributed by atoms with Crippen molar-refractivity contribution >= 4 is 5.91 Å². The highest BCUT2D eigenvalue weighted by Gasteiger charge is 2.20. The molecule has 0 heterocycles. The average Bonchev–Trinajstić information content (AvgIpc) is 2.37. The van der Waals surface area contributed by atoms with Gasteiger partial charge in [0.1, 0.15) is 5.75 Å². The van der Waals surface area contributed by atoms with Crippen molar-refractivity contribution in [3.05, 3.63) is 29.3 Å². The minimum absolute atomic E-state index is 0.0626. The summed E-state index contributed by atoms with van der Waals surface area (Å²) in [5.74, 6) is 1.52. The highest BCUT2D eigenvalue weighted by atomic mass is 16.5. The Morgan fingerprint density at radius 1 is 1.10 bits per heavy atom. The minimum atomic E-state index is -0.495. The molecule has 0 fully saturated rings. The van der Waals surface area contributed by atoms with Gasteiger partial charge in [-0.25, -0.2) is 0 Å². The van der Waals surface area contributed by atoms with Gasteiger partial charge in [0.05, 0.1) is 0 Å². The van der Waals surface area contributed by atoms with Crippen LogP contribution in [0, 0.1) is 12.8 Å². The molecule has 0 aliphatic carbocycles. The Balaban J connectivity index is 2.80. The van der Waals surface area contributed by atoms with Crippen LogP contribution in [0.25, 0.3) is 0 Å². The average molecular weight is 291 g/mol. The van der Waals surface area contributed by atoms with Gasteiger partial charge >= 0.3 is 0 Å². The van der Waals surface area contributed by atoms with E-state index in [0.29, 0.717) is 11.8 Å². The Morgan fingerprint density at radius 2 is 1.71 bits per heavy atom. The quantitative estimate of drug-likeness (QED) is 0.858. The molecule has 2 atom stereocenters. The molecule has 0 radical (unpaired) electrons. The van der Waals surface area contributed by atoms with Gasteiger partial charge < -0.3 is 10.1 Å². The van der Waals surface area contributed by atoms with E-state index in [1.807, 2.05) is 19.9 Å². The first kappa shape index (κ1) is 17.5. The molecule has 0 aromatic heterocycles. The predicted molar refractivity (Wildman–Crippen MR) is 87.8 cm³/mol. The molecule has 0 saturated heterocycles. The molecule has 1 N–H and O–H groups in total. The summed E-state index contributed by atoms with van der Waals surface area (Å²) in [6.07, 6.45) is -0.495. The van der Waals surface area contributed by atoms with E-state index in [0.717, 1.165) is 16.9 Å². The van der Waals surface area contributed by atoms with Crippen LogP contribution in [0.3, 0.4) is 0 Å². The Hall–Kier alpha value is -1.51. The Bertz CT molecular complexity index is 480. The van der Waals surface area contributed by atoms with Gasteiger partial charge in [-0.1, -0.05) is 39.8 Å². The molecule has 0 saturated carbocycles. The maximum absolute atomic E-state index is 12.2. The number of carbonyl (C=O) groups excluding carboxylic acids is 1. The molecular formula is C18H29NO2. The Kier molecular flexibility index (Phi) is 6.25. The van der Waals surface area contributed by atoms with Crippen LogP contribution >= 0.6 is 0 Å². The lowest BCUT2D eigenvalue weighted by atomic mass is 10.0. The van der Waals surface area contributed by atoms with E-state index in [9.17, 15) is 4.79 Å². The second kappa shape index (κ2) is 7.48. The molecule has 1 aromatic rings. The zero-order valence-corrected chi connectivity index (χ0v) is 14.4. The second-order valence-electron chi connectivity index (χ2n) is 6.50. The van der Waals surface area contributed by atoms with E-state index < -0.39 is 6.10 Å². The number of carbonyl (C=O) groups is 1. The van der Waals surface area contributed by atoms with Crippen molar-refractivity contribution in [1.82, 2.24) is 5.32 Å². The van der Waals surface area contributed by atoms with Gasteiger partial charge in [0.25, 0.3) is 5.91 Å². The number of rotatable bonds is 6. The molecule has 1 aromatic carbocycles. The largest absolute Gasteiger partial charge is 0.481 e. The minimum Gasteiger partial charge on any atom is -0.481 e. The summed E-state index contributed by atoms with van der Waals surface area (Å²) in [4.78, 5) is 12.2. The van der Waals surface area contributed by atoms with Gasteiger partial charge in [0.2, 0.25) is 0 Å². The van der Waals surface area contributed by atoms with Crippen LogP contribution in [0.4, 0.5) is 0 Å². The molecule has 0 unspecified atom stereocenters. The molecule has 0 aliphatic heterocycles. The van der Waals surface area contributed by atoms with E-state index in [2.05, 4.69) is 45.1 Å². The molecule has 0 aliphatic rings. The first-order valence-corrected chi connectivity index (χ1v) is 7.80. The molecule has 118 valence electrons. The van der Waals surface area contributed by atoms with Crippen molar-refractivity contribution in [3.63, 3.8) is 0 Å². The smallest absolute Gasteiger partial charge is 0.260 e. The van der Waals surface area contributed by atoms with Gasteiger partial charge in [-0.05, 0) is 49.8 Å². The van der Waals surface area contributed by atoms with E-state index >= 15 is 0 Å². The van der Waals surface area contributed by atoms with E-state index in [-0.39, 0.29) is 11.9 Å². The predicted octanol–water partition coefficient (Wildman–Crippen LogP) is 4.05. The summed E-state index contributed by atoms with van der Waals surface area (Å²) in [5, 5.41) is 3.00. The molecular weight excluding hydrogens is 262 g/mol. The Labute approximate surface area is 129 Å². The van der Waals surface area contributed by atoms with Crippen molar-refractivity contribution in [1.29, 1.82) is 0 Å². The number of benzene rings is 1. The monoisotopic (exact) mass is 291 g/mol. The topological polar surface area (TPSA) is 38.3 Å². The summed E-state index contributed by atoms with van der Waals surface area (Å²) in [7, 11) is 0. The summed E-state index contributed by atoms with van der Waals surface area (Å²) >= 11 is 0. The molecule has 0 spiro atoms. The van der Waals surface area contributed by atoms with Gasteiger partial charge in [-0.15, -0.1) is 0 Å². The van der Waals surface area contributed by atoms with E-state index in [1.165, 1.54) is 0 Å². The highest BCUT2D eigenvalue weighted by Crippen LogP contribution is 2.28. The van der Waals surface area contributed by atoms with Gasteiger partial charge in [-0.3, -0.25) is 4.79 Å². The summed E-state index contributed by atoms with van der Waals surface area (Å²) in [5.41, 5.74) is 2.27. The molecule has 0 bridgehead atoms. The SMILES string of the molecule is Cc1ccc(C(C)C)c(O[C@@H](C)C(=O)N[C@@H](C)C(C)C)c1. The maximum atomic E-state index is 12.2. The number of amides is 1. The standard InChI is InChI=1S/C18H29NO2/c1-11(2)14(6)19-18(20)15(7)21-17-10-13(5)8-9-16(17)12(3)4/h8-12,14-15H,1-7H3,(H,19,20)/t14-,15-/m0/s1. The Morgan fingerprint density at radius 3 is 2.24 bits per heavy atom.